The topological polar surface area (TPSA) is 60.9 Å². The van der Waals surface area contributed by atoms with Gasteiger partial charge in [-0.2, -0.15) is 0 Å². The first-order valence-corrected chi connectivity index (χ1v) is 7.81. The lowest BCUT2D eigenvalue weighted by atomic mass is 10.1. The quantitative estimate of drug-likeness (QED) is 0.922. The lowest BCUT2D eigenvalue weighted by Crippen LogP contribution is -2.44. The van der Waals surface area contributed by atoms with Gasteiger partial charge in [-0.25, -0.2) is 4.79 Å². The average molecular weight is 304 g/mol. The summed E-state index contributed by atoms with van der Waals surface area (Å²) in [5.74, 6) is -0.873. The van der Waals surface area contributed by atoms with Gasteiger partial charge in [-0.3, -0.25) is 4.79 Å². The summed E-state index contributed by atoms with van der Waals surface area (Å²) in [6, 6.07) is 6.88. The molecule has 0 radical (unpaired) electrons. The molecule has 120 valence electrons. The smallest absolute Gasteiger partial charge is 0.335 e. The highest BCUT2D eigenvalue weighted by molar-refractivity contribution is 5.88. The van der Waals surface area contributed by atoms with Crippen LogP contribution in [0.25, 0.3) is 0 Å². The van der Waals surface area contributed by atoms with Crippen molar-refractivity contribution in [2.75, 3.05) is 26.7 Å². The number of carboxylic acid groups (broad SMARTS) is 1. The summed E-state index contributed by atoms with van der Waals surface area (Å²) in [6.45, 7) is 4.79. The van der Waals surface area contributed by atoms with Gasteiger partial charge in [-0.05, 0) is 44.1 Å². The molecule has 0 spiro atoms. The molecule has 1 amide bonds. The minimum Gasteiger partial charge on any atom is -0.478 e. The number of benzene rings is 1. The fourth-order valence-corrected chi connectivity index (χ4v) is 3.01. The zero-order valence-electron chi connectivity index (χ0n) is 13.3. The molecule has 22 heavy (non-hydrogen) atoms. The summed E-state index contributed by atoms with van der Waals surface area (Å²) < 4.78 is 0. The zero-order chi connectivity index (χ0) is 16.1. The Bertz CT molecular complexity index is 544. The summed E-state index contributed by atoms with van der Waals surface area (Å²) in [7, 11) is 2.09. The highest BCUT2D eigenvalue weighted by atomic mass is 16.4. The van der Waals surface area contributed by atoms with Gasteiger partial charge in [0.1, 0.15) is 0 Å². The molecule has 1 saturated heterocycles. The summed E-state index contributed by atoms with van der Waals surface area (Å²) in [5, 5.41) is 9.04. The second-order valence-corrected chi connectivity index (χ2v) is 5.95. The van der Waals surface area contributed by atoms with Crippen LogP contribution in [0, 0.1) is 0 Å². The normalized spacial score (nSPS) is 19.7. The van der Waals surface area contributed by atoms with Crippen LogP contribution >= 0.6 is 0 Å². The van der Waals surface area contributed by atoms with E-state index in [2.05, 4.69) is 18.9 Å². The fraction of sp³-hybridized carbons (Fsp3) is 0.529. The number of nitrogens with zero attached hydrogens (tertiary/aromatic N) is 2. The van der Waals surface area contributed by atoms with Crippen LogP contribution in [-0.4, -0.2) is 59.5 Å². The van der Waals surface area contributed by atoms with Gasteiger partial charge < -0.3 is 14.9 Å². The summed E-state index contributed by atoms with van der Waals surface area (Å²) >= 11 is 0. The lowest BCUT2D eigenvalue weighted by Gasteiger charge is -2.30. The van der Waals surface area contributed by atoms with Crippen LogP contribution in [0.1, 0.15) is 35.7 Å². The number of hydrogen-bond donors (Lipinski definition) is 1. The highest BCUT2D eigenvalue weighted by Gasteiger charge is 2.26. The maximum Gasteiger partial charge on any atom is 0.335 e. The van der Waals surface area contributed by atoms with E-state index < -0.39 is 5.97 Å². The Morgan fingerprint density at radius 3 is 2.77 bits per heavy atom. The van der Waals surface area contributed by atoms with E-state index >= 15 is 0 Å². The number of aromatic carboxylic acids is 1. The molecular formula is C17H24N2O3. The van der Waals surface area contributed by atoms with Crippen molar-refractivity contribution in [1.82, 2.24) is 9.80 Å². The molecule has 1 N–H and O–H groups in total. The summed E-state index contributed by atoms with van der Waals surface area (Å²) in [6.07, 6.45) is 2.18. The monoisotopic (exact) mass is 304 g/mol. The van der Waals surface area contributed by atoms with Crippen molar-refractivity contribution in [2.45, 2.75) is 32.2 Å². The molecule has 0 bridgehead atoms. The zero-order valence-corrected chi connectivity index (χ0v) is 13.3. The second kappa shape index (κ2) is 7.40. The molecule has 2 rings (SSSR count). The molecule has 5 nitrogen and oxygen atoms in total. The molecule has 1 aromatic rings. The van der Waals surface area contributed by atoms with Crippen molar-refractivity contribution >= 4 is 11.9 Å². The standard InChI is InChI=1S/C17H24N2O3/c1-3-15-12-18(2)8-5-9-19(15)16(20)11-13-6-4-7-14(10-13)17(21)22/h4,6-7,10,15H,3,5,8-9,11-12H2,1-2H3,(H,21,22). The number of carbonyl (C=O) groups excluding carboxylic acids is 1. The SMILES string of the molecule is CCC1CN(C)CCCN1C(=O)Cc1cccc(C(=O)O)c1. The van der Waals surface area contributed by atoms with E-state index in [4.69, 9.17) is 5.11 Å². The number of hydrogen-bond acceptors (Lipinski definition) is 3. The molecule has 1 fully saturated rings. The predicted octanol–water partition coefficient (Wildman–Crippen LogP) is 1.87. The molecule has 1 heterocycles. The van der Waals surface area contributed by atoms with Gasteiger partial charge in [0.2, 0.25) is 5.91 Å². The van der Waals surface area contributed by atoms with Gasteiger partial charge in [0, 0.05) is 19.1 Å². The molecule has 1 unspecified atom stereocenters. The number of rotatable bonds is 4. The van der Waals surface area contributed by atoms with Gasteiger partial charge in [0.05, 0.1) is 12.0 Å². The molecule has 1 aliphatic heterocycles. The number of likely N-dealkylation sites (N-methyl/N-ethyl adjacent to an activating group) is 1. The Kier molecular flexibility index (Phi) is 5.55. The molecule has 5 heteroatoms. The highest BCUT2D eigenvalue weighted by Crippen LogP contribution is 2.15. The van der Waals surface area contributed by atoms with Gasteiger partial charge in [0.25, 0.3) is 0 Å². The Balaban J connectivity index is 2.10. The van der Waals surface area contributed by atoms with Crippen LogP contribution in [0.4, 0.5) is 0 Å². The first-order valence-electron chi connectivity index (χ1n) is 7.81. The van der Waals surface area contributed by atoms with Gasteiger partial charge >= 0.3 is 5.97 Å². The minimum absolute atomic E-state index is 0.0877. The van der Waals surface area contributed by atoms with E-state index in [1.54, 1.807) is 18.2 Å². The minimum atomic E-state index is -0.961. The fourth-order valence-electron chi connectivity index (χ4n) is 3.01. The molecule has 1 atom stereocenters. The summed E-state index contributed by atoms with van der Waals surface area (Å²) in [5.41, 5.74) is 0.991. The van der Waals surface area contributed by atoms with E-state index in [0.29, 0.717) is 0 Å². The first-order chi connectivity index (χ1) is 10.5. The van der Waals surface area contributed by atoms with Gasteiger partial charge in [-0.15, -0.1) is 0 Å². The van der Waals surface area contributed by atoms with E-state index in [1.165, 1.54) is 0 Å². The number of carbonyl (C=O) groups is 2. The Hall–Kier alpha value is -1.88. The second-order valence-electron chi connectivity index (χ2n) is 5.95. The Morgan fingerprint density at radius 1 is 1.32 bits per heavy atom. The Morgan fingerprint density at radius 2 is 2.09 bits per heavy atom. The van der Waals surface area contributed by atoms with Crippen LogP contribution in [0.2, 0.25) is 0 Å². The summed E-state index contributed by atoms with van der Waals surface area (Å²) in [4.78, 5) is 27.9. The maximum atomic E-state index is 12.6. The average Bonchev–Trinajstić information content (AvgIpc) is 2.68. The van der Waals surface area contributed by atoms with Crippen molar-refractivity contribution in [3.63, 3.8) is 0 Å². The number of carboxylic acids is 1. The van der Waals surface area contributed by atoms with Gasteiger partial charge in [-0.1, -0.05) is 19.1 Å². The van der Waals surface area contributed by atoms with Crippen LogP contribution in [0.3, 0.4) is 0 Å². The third-order valence-corrected chi connectivity index (χ3v) is 4.22. The van der Waals surface area contributed by atoms with E-state index in [9.17, 15) is 9.59 Å². The van der Waals surface area contributed by atoms with Crippen LogP contribution in [-0.2, 0) is 11.2 Å². The van der Waals surface area contributed by atoms with Gasteiger partial charge in [0.15, 0.2) is 0 Å². The van der Waals surface area contributed by atoms with Crippen molar-refractivity contribution in [1.29, 1.82) is 0 Å². The lowest BCUT2D eigenvalue weighted by molar-refractivity contribution is -0.132. The largest absolute Gasteiger partial charge is 0.478 e. The van der Waals surface area contributed by atoms with E-state index in [0.717, 1.165) is 38.0 Å². The van der Waals surface area contributed by atoms with Crippen molar-refractivity contribution < 1.29 is 14.7 Å². The van der Waals surface area contributed by atoms with E-state index in [1.807, 2.05) is 11.0 Å². The van der Waals surface area contributed by atoms with Crippen LogP contribution in [0.5, 0.6) is 0 Å². The molecule has 0 saturated carbocycles. The third-order valence-electron chi connectivity index (χ3n) is 4.22. The third kappa shape index (κ3) is 4.07. The Labute approximate surface area is 131 Å². The van der Waals surface area contributed by atoms with E-state index in [-0.39, 0.29) is 23.9 Å². The number of amides is 1. The molecule has 1 aromatic carbocycles. The van der Waals surface area contributed by atoms with Crippen molar-refractivity contribution in [2.24, 2.45) is 0 Å². The molecular weight excluding hydrogens is 280 g/mol. The van der Waals surface area contributed by atoms with Crippen LogP contribution in [0.15, 0.2) is 24.3 Å². The molecule has 1 aliphatic rings. The van der Waals surface area contributed by atoms with Crippen molar-refractivity contribution in [3.8, 4) is 0 Å². The maximum absolute atomic E-state index is 12.6. The van der Waals surface area contributed by atoms with Crippen LogP contribution < -0.4 is 0 Å². The first kappa shape index (κ1) is 16.5. The van der Waals surface area contributed by atoms with Crippen molar-refractivity contribution in [3.05, 3.63) is 35.4 Å². The molecule has 0 aliphatic carbocycles. The molecule has 0 aromatic heterocycles. The predicted molar refractivity (Wildman–Crippen MR) is 85.0 cm³/mol.